The minimum atomic E-state index is -4.47. The van der Waals surface area contributed by atoms with Gasteiger partial charge < -0.3 is 20.9 Å². The van der Waals surface area contributed by atoms with Gasteiger partial charge in [0, 0.05) is 31.0 Å². The molecular weight excluding hydrogens is 373 g/mol. The van der Waals surface area contributed by atoms with Gasteiger partial charge in [-0.3, -0.25) is 4.79 Å². The number of benzene rings is 1. The Bertz CT molecular complexity index is 1080. The third kappa shape index (κ3) is 3.50. The third-order valence-electron chi connectivity index (χ3n) is 4.57. The van der Waals surface area contributed by atoms with E-state index in [9.17, 15) is 18.0 Å². The summed E-state index contributed by atoms with van der Waals surface area (Å²) in [5.74, 6) is 0.516. The molecule has 3 heterocycles. The monoisotopic (exact) mass is 390 g/mol. The summed E-state index contributed by atoms with van der Waals surface area (Å²) in [6.07, 6.45) is -2.22. The molecule has 0 aliphatic carbocycles. The van der Waals surface area contributed by atoms with Crippen LogP contribution in [-0.2, 0) is 6.18 Å². The lowest BCUT2D eigenvalue weighted by atomic mass is 10.2. The highest BCUT2D eigenvalue weighted by molar-refractivity contribution is 5.91. The summed E-state index contributed by atoms with van der Waals surface area (Å²) in [4.78, 5) is 25.6. The Kier molecular flexibility index (Phi) is 4.42. The first kappa shape index (κ1) is 18.2. The van der Waals surface area contributed by atoms with Crippen molar-refractivity contribution >= 4 is 28.4 Å². The highest BCUT2D eigenvalue weighted by Gasteiger charge is 2.30. The average molecular weight is 390 g/mol. The van der Waals surface area contributed by atoms with Crippen LogP contribution >= 0.6 is 0 Å². The quantitative estimate of drug-likeness (QED) is 0.636. The topological polar surface area (TPSA) is 99.9 Å². The van der Waals surface area contributed by atoms with E-state index in [1.165, 1.54) is 18.3 Å². The number of anilines is 3. The van der Waals surface area contributed by atoms with Crippen molar-refractivity contribution in [3.05, 3.63) is 52.4 Å². The molecule has 28 heavy (non-hydrogen) atoms. The number of H-pyrrole nitrogens is 1. The zero-order valence-corrected chi connectivity index (χ0v) is 14.6. The van der Waals surface area contributed by atoms with Gasteiger partial charge >= 0.3 is 6.18 Å². The normalized spacial score (nSPS) is 17.3. The number of nitrogens with zero attached hydrogens (tertiary/aromatic N) is 3. The van der Waals surface area contributed by atoms with E-state index in [-0.39, 0.29) is 22.9 Å². The van der Waals surface area contributed by atoms with Gasteiger partial charge in [0.15, 0.2) is 0 Å². The number of nitrogens with two attached hydrogens (primary N) is 1. The van der Waals surface area contributed by atoms with Crippen LogP contribution in [0.25, 0.3) is 10.9 Å². The number of nitrogens with one attached hydrogen (secondary N) is 2. The zero-order valence-electron chi connectivity index (χ0n) is 14.6. The van der Waals surface area contributed by atoms with E-state index in [0.717, 1.165) is 18.6 Å². The molecule has 10 heteroatoms. The van der Waals surface area contributed by atoms with Crippen molar-refractivity contribution in [2.45, 2.75) is 18.6 Å². The van der Waals surface area contributed by atoms with Crippen LogP contribution in [0.3, 0.4) is 0 Å². The van der Waals surface area contributed by atoms with Gasteiger partial charge in [-0.05, 0) is 30.7 Å². The number of hydrogen-bond acceptors (Lipinski definition) is 6. The first-order valence-electron chi connectivity index (χ1n) is 8.65. The molecule has 2 aromatic heterocycles. The van der Waals surface area contributed by atoms with E-state index < -0.39 is 17.3 Å². The molecule has 1 aromatic carbocycles. The van der Waals surface area contributed by atoms with Gasteiger partial charge in [0.1, 0.15) is 11.2 Å². The SMILES string of the molecule is N[C@H]1CCN(c2nc(Nc3cccc(C(F)(F)F)c3)c3c(=O)[nH]ccc3n2)C1. The summed E-state index contributed by atoms with van der Waals surface area (Å²) >= 11 is 0. The number of halogens is 3. The Hall–Kier alpha value is -3.14. The number of aromatic nitrogens is 3. The molecule has 0 saturated carbocycles. The van der Waals surface area contributed by atoms with Crippen molar-refractivity contribution in [2.75, 3.05) is 23.3 Å². The fourth-order valence-corrected chi connectivity index (χ4v) is 3.19. The molecular formula is C18H17F3N6O. The summed E-state index contributed by atoms with van der Waals surface area (Å²) in [5, 5.41) is 3.02. The second-order valence-corrected chi connectivity index (χ2v) is 6.64. The van der Waals surface area contributed by atoms with Crippen molar-refractivity contribution in [3.63, 3.8) is 0 Å². The smallest absolute Gasteiger partial charge is 0.339 e. The Morgan fingerprint density at radius 3 is 2.79 bits per heavy atom. The lowest BCUT2D eigenvalue weighted by Crippen LogP contribution is -2.28. The summed E-state index contributed by atoms with van der Waals surface area (Å²) < 4.78 is 39.0. The van der Waals surface area contributed by atoms with Gasteiger partial charge in [-0.1, -0.05) is 6.07 Å². The molecule has 1 fully saturated rings. The fourth-order valence-electron chi connectivity index (χ4n) is 3.19. The van der Waals surface area contributed by atoms with Crippen molar-refractivity contribution in [1.29, 1.82) is 0 Å². The first-order chi connectivity index (χ1) is 13.3. The molecule has 0 radical (unpaired) electrons. The third-order valence-corrected chi connectivity index (χ3v) is 4.57. The van der Waals surface area contributed by atoms with Gasteiger partial charge in [0.2, 0.25) is 5.95 Å². The largest absolute Gasteiger partial charge is 0.416 e. The Morgan fingerprint density at radius 1 is 1.25 bits per heavy atom. The molecule has 0 spiro atoms. The highest BCUT2D eigenvalue weighted by atomic mass is 19.4. The van der Waals surface area contributed by atoms with Crippen molar-refractivity contribution in [1.82, 2.24) is 15.0 Å². The Labute approximate surface area is 157 Å². The van der Waals surface area contributed by atoms with Crippen molar-refractivity contribution in [3.8, 4) is 0 Å². The number of hydrogen-bond donors (Lipinski definition) is 3. The van der Waals surface area contributed by atoms with E-state index in [1.54, 1.807) is 6.07 Å². The number of aromatic amines is 1. The van der Waals surface area contributed by atoms with Gasteiger partial charge in [0.25, 0.3) is 5.56 Å². The standard InChI is InChI=1S/C18H17F3N6O/c19-18(20,21)10-2-1-3-12(8-10)24-15-14-13(4-6-23-16(14)28)25-17(26-15)27-7-5-11(22)9-27/h1-4,6,8,11H,5,7,9,22H2,(H,23,28)(H,24,25,26)/t11-/m0/s1. The van der Waals surface area contributed by atoms with E-state index >= 15 is 0 Å². The maximum atomic E-state index is 13.0. The van der Waals surface area contributed by atoms with Crippen LogP contribution in [0, 0.1) is 0 Å². The number of pyridine rings is 1. The molecule has 1 aliphatic rings. The fraction of sp³-hybridized carbons (Fsp3) is 0.278. The predicted octanol–water partition coefficient (Wildman–Crippen LogP) is 2.62. The van der Waals surface area contributed by atoms with Gasteiger partial charge in [-0.25, -0.2) is 4.98 Å². The Morgan fingerprint density at radius 2 is 2.07 bits per heavy atom. The van der Waals surface area contributed by atoms with Crippen LogP contribution in [0.4, 0.5) is 30.6 Å². The molecule has 0 amide bonds. The first-order valence-corrected chi connectivity index (χ1v) is 8.65. The molecule has 3 aromatic rings. The molecule has 0 unspecified atom stereocenters. The molecule has 1 saturated heterocycles. The minimum Gasteiger partial charge on any atom is -0.339 e. The number of alkyl halides is 3. The highest BCUT2D eigenvalue weighted by Crippen LogP contribution is 2.32. The lowest BCUT2D eigenvalue weighted by Gasteiger charge is -2.18. The molecule has 0 bridgehead atoms. The zero-order chi connectivity index (χ0) is 19.9. The molecule has 1 aliphatic heterocycles. The molecule has 4 N–H and O–H groups in total. The van der Waals surface area contributed by atoms with Crippen molar-refractivity contribution in [2.24, 2.45) is 5.73 Å². The van der Waals surface area contributed by atoms with E-state index in [4.69, 9.17) is 5.73 Å². The van der Waals surface area contributed by atoms with Crippen LogP contribution in [0.5, 0.6) is 0 Å². The van der Waals surface area contributed by atoms with Gasteiger partial charge in [0.05, 0.1) is 11.1 Å². The number of rotatable bonds is 3. The summed E-state index contributed by atoms with van der Waals surface area (Å²) in [7, 11) is 0. The second kappa shape index (κ2) is 6.79. The van der Waals surface area contributed by atoms with Crippen LogP contribution in [-0.4, -0.2) is 34.1 Å². The van der Waals surface area contributed by atoms with Gasteiger partial charge in [-0.15, -0.1) is 0 Å². The molecule has 7 nitrogen and oxygen atoms in total. The summed E-state index contributed by atoms with van der Waals surface area (Å²) in [5.41, 5.74) is 5.28. The Balaban J connectivity index is 1.80. The van der Waals surface area contributed by atoms with Crippen molar-refractivity contribution < 1.29 is 13.2 Å². The van der Waals surface area contributed by atoms with Crippen LogP contribution in [0.2, 0.25) is 0 Å². The predicted molar refractivity (Wildman–Crippen MR) is 99.7 cm³/mol. The van der Waals surface area contributed by atoms with E-state index in [1.807, 2.05) is 4.90 Å². The van der Waals surface area contributed by atoms with Gasteiger partial charge in [-0.2, -0.15) is 18.2 Å². The van der Waals surface area contributed by atoms with Crippen LogP contribution < -0.4 is 21.5 Å². The molecule has 4 rings (SSSR count). The summed E-state index contributed by atoms with van der Waals surface area (Å²) in [6.45, 7) is 1.23. The summed E-state index contributed by atoms with van der Waals surface area (Å²) in [6, 6.07) is 6.34. The van der Waals surface area contributed by atoms with E-state index in [0.29, 0.717) is 24.6 Å². The minimum absolute atomic E-state index is 0.00153. The maximum Gasteiger partial charge on any atom is 0.416 e. The number of fused-ring (bicyclic) bond motifs is 1. The average Bonchev–Trinajstić information content (AvgIpc) is 3.07. The maximum absolute atomic E-state index is 13.0. The lowest BCUT2D eigenvalue weighted by molar-refractivity contribution is -0.137. The van der Waals surface area contributed by atoms with Crippen LogP contribution in [0.15, 0.2) is 41.3 Å². The molecule has 1 atom stereocenters. The second-order valence-electron chi connectivity index (χ2n) is 6.64. The van der Waals surface area contributed by atoms with E-state index in [2.05, 4.69) is 20.3 Å². The molecule has 146 valence electrons. The van der Waals surface area contributed by atoms with Crippen LogP contribution in [0.1, 0.15) is 12.0 Å².